The van der Waals surface area contributed by atoms with Gasteiger partial charge in [0.15, 0.2) is 5.96 Å². The number of fused-ring (bicyclic) bond motifs is 1. The van der Waals surface area contributed by atoms with Gasteiger partial charge in [0.05, 0.1) is 0 Å². The first kappa shape index (κ1) is 20.0. The summed E-state index contributed by atoms with van der Waals surface area (Å²) in [7, 11) is 1.84. The lowest BCUT2D eigenvalue weighted by atomic mass is 9.92. The summed E-state index contributed by atoms with van der Waals surface area (Å²) in [6, 6.07) is 4.88. The molecule has 0 radical (unpaired) electrons. The Morgan fingerprint density at radius 3 is 2.72 bits per heavy atom. The van der Waals surface area contributed by atoms with Crippen LogP contribution in [0.3, 0.4) is 0 Å². The molecule has 0 saturated carbocycles. The molecule has 1 fully saturated rings. The molecule has 0 spiro atoms. The van der Waals surface area contributed by atoms with E-state index in [1.165, 1.54) is 12.5 Å². The van der Waals surface area contributed by atoms with Gasteiger partial charge in [0.1, 0.15) is 5.82 Å². The average molecular weight is 458 g/mol. The summed E-state index contributed by atoms with van der Waals surface area (Å²) in [4.78, 5) is 10.0. The molecule has 2 N–H and O–H groups in total. The molecule has 0 amide bonds. The number of halogens is 2. The predicted molar refractivity (Wildman–Crippen MR) is 113 cm³/mol. The highest BCUT2D eigenvalue weighted by atomic mass is 127. The van der Waals surface area contributed by atoms with Gasteiger partial charge in [0.25, 0.3) is 0 Å². The van der Waals surface area contributed by atoms with E-state index in [9.17, 15) is 4.39 Å². The number of guanidine groups is 1. The molecular weight excluding hydrogens is 430 g/mol. The SMILES string of the molecule is CN=C(NCCc1c[nH]c2ccc(F)cc12)N1CC(C)CC(C)C1.I. The predicted octanol–water partition coefficient (Wildman–Crippen LogP) is 4.02. The molecule has 138 valence electrons. The molecule has 1 aromatic heterocycles. The number of hydrogen-bond donors (Lipinski definition) is 2. The number of aromatic amines is 1. The van der Waals surface area contributed by atoms with Crippen molar-refractivity contribution in [3.63, 3.8) is 0 Å². The molecule has 1 aliphatic heterocycles. The first-order valence-electron chi connectivity index (χ1n) is 8.78. The minimum Gasteiger partial charge on any atom is -0.361 e. The van der Waals surface area contributed by atoms with Crippen LogP contribution >= 0.6 is 24.0 Å². The largest absolute Gasteiger partial charge is 0.361 e. The fourth-order valence-electron chi connectivity index (χ4n) is 3.83. The van der Waals surface area contributed by atoms with Gasteiger partial charge in [-0.3, -0.25) is 4.99 Å². The van der Waals surface area contributed by atoms with Gasteiger partial charge >= 0.3 is 0 Å². The minimum absolute atomic E-state index is 0. The fraction of sp³-hybridized carbons (Fsp3) is 0.526. The van der Waals surface area contributed by atoms with Crippen LogP contribution in [0.4, 0.5) is 4.39 Å². The van der Waals surface area contributed by atoms with Crippen molar-refractivity contribution in [3.8, 4) is 0 Å². The van der Waals surface area contributed by atoms with Crippen LogP contribution in [0, 0.1) is 17.7 Å². The topological polar surface area (TPSA) is 43.4 Å². The molecular formula is C19H28FIN4. The standard InChI is InChI=1S/C19H27FN4.HI/c1-13-8-14(2)12-24(11-13)19(21-3)22-7-6-15-10-23-18-5-4-16(20)9-17(15)18;/h4-5,9-10,13-14,23H,6-8,11-12H2,1-3H3,(H,21,22);1H. The first-order chi connectivity index (χ1) is 11.6. The summed E-state index contributed by atoms with van der Waals surface area (Å²) < 4.78 is 13.5. The number of aliphatic imine (C=N–C) groups is 1. The highest BCUT2D eigenvalue weighted by Gasteiger charge is 2.23. The van der Waals surface area contributed by atoms with Gasteiger partial charge in [-0.05, 0) is 48.4 Å². The Labute approximate surface area is 166 Å². The van der Waals surface area contributed by atoms with Crippen LogP contribution < -0.4 is 5.32 Å². The number of nitrogens with one attached hydrogen (secondary N) is 2. The maximum Gasteiger partial charge on any atom is 0.193 e. The van der Waals surface area contributed by atoms with Crippen LogP contribution in [0.5, 0.6) is 0 Å². The third-order valence-electron chi connectivity index (χ3n) is 4.79. The fourth-order valence-corrected chi connectivity index (χ4v) is 3.83. The van der Waals surface area contributed by atoms with Gasteiger partial charge in [0, 0.05) is 43.8 Å². The third-order valence-corrected chi connectivity index (χ3v) is 4.79. The summed E-state index contributed by atoms with van der Waals surface area (Å²) >= 11 is 0. The van der Waals surface area contributed by atoms with Crippen LogP contribution in [-0.2, 0) is 6.42 Å². The van der Waals surface area contributed by atoms with Crippen LogP contribution in [0.1, 0.15) is 25.8 Å². The molecule has 2 heterocycles. The third kappa shape index (κ3) is 4.86. The van der Waals surface area contributed by atoms with E-state index in [-0.39, 0.29) is 29.8 Å². The molecule has 25 heavy (non-hydrogen) atoms. The number of hydrogen-bond acceptors (Lipinski definition) is 1. The molecule has 1 aliphatic rings. The molecule has 1 aromatic carbocycles. The zero-order valence-electron chi connectivity index (χ0n) is 15.2. The van der Waals surface area contributed by atoms with Crippen molar-refractivity contribution in [2.75, 3.05) is 26.7 Å². The Hall–Kier alpha value is -1.31. The Morgan fingerprint density at radius 2 is 2.04 bits per heavy atom. The zero-order chi connectivity index (χ0) is 17.1. The van der Waals surface area contributed by atoms with Gasteiger partial charge < -0.3 is 15.2 Å². The van der Waals surface area contributed by atoms with Gasteiger partial charge in [-0.2, -0.15) is 0 Å². The summed E-state index contributed by atoms with van der Waals surface area (Å²) in [6.07, 6.45) is 4.09. The number of nitrogens with zero attached hydrogens (tertiary/aromatic N) is 2. The lowest BCUT2D eigenvalue weighted by molar-refractivity contribution is 0.208. The second-order valence-corrected chi connectivity index (χ2v) is 7.08. The molecule has 0 bridgehead atoms. The van der Waals surface area contributed by atoms with Crippen molar-refractivity contribution in [2.45, 2.75) is 26.7 Å². The minimum atomic E-state index is -0.191. The molecule has 2 atom stereocenters. The van der Waals surface area contributed by atoms with E-state index >= 15 is 0 Å². The van der Waals surface area contributed by atoms with Crippen molar-refractivity contribution < 1.29 is 4.39 Å². The van der Waals surface area contributed by atoms with Gasteiger partial charge in [0.2, 0.25) is 0 Å². The highest BCUT2D eigenvalue weighted by molar-refractivity contribution is 14.0. The second kappa shape index (κ2) is 8.87. The molecule has 6 heteroatoms. The smallest absolute Gasteiger partial charge is 0.193 e. The monoisotopic (exact) mass is 458 g/mol. The summed E-state index contributed by atoms with van der Waals surface area (Å²) in [5.41, 5.74) is 2.11. The van der Waals surface area contributed by atoms with Crippen molar-refractivity contribution >= 4 is 40.8 Å². The second-order valence-electron chi connectivity index (χ2n) is 7.08. The average Bonchev–Trinajstić information content (AvgIpc) is 2.93. The number of benzene rings is 1. The quantitative estimate of drug-likeness (QED) is 0.415. The molecule has 3 rings (SSSR count). The number of rotatable bonds is 3. The van der Waals surface area contributed by atoms with E-state index in [1.807, 2.05) is 13.2 Å². The lowest BCUT2D eigenvalue weighted by Gasteiger charge is -2.37. The first-order valence-corrected chi connectivity index (χ1v) is 8.78. The van der Waals surface area contributed by atoms with Crippen LogP contribution in [0.25, 0.3) is 10.9 Å². The Morgan fingerprint density at radius 1 is 1.32 bits per heavy atom. The van der Waals surface area contributed by atoms with Crippen LogP contribution in [-0.4, -0.2) is 42.5 Å². The molecule has 4 nitrogen and oxygen atoms in total. The zero-order valence-corrected chi connectivity index (χ0v) is 17.5. The Bertz CT molecular complexity index is 717. The van der Waals surface area contributed by atoms with Crippen molar-refractivity contribution in [2.24, 2.45) is 16.8 Å². The summed E-state index contributed by atoms with van der Waals surface area (Å²) in [6.45, 7) is 7.51. The highest BCUT2D eigenvalue weighted by Crippen LogP contribution is 2.21. The Balaban J connectivity index is 0.00000225. The van der Waals surface area contributed by atoms with Gasteiger partial charge in [-0.25, -0.2) is 4.39 Å². The van der Waals surface area contributed by atoms with E-state index in [4.69, 9.17) is 0 Å². The van der Waals surface area contributed by atoms with Crippen LogP contribution in [0.2, 0.25) is 0 Å². The molecule has 1 saturated heterocycles. The lowest BCUT2D eigenvalue weighted by Crippen LogP contribution is -2.48. The number of piperidine rings is 1. The van der Waals surface area contributed by atoms with Crippen molar-refractivity contribution in [1.29, 1.82) is 0 Å². The molecule has 2 aromatic rings. The normalized spacial score (nSPS) is 21.3. The van der Waals surface area contributed by atoms with Gasteiger partial charge in [-0.1, -0.05) is 13.8 Å². The van der Waals surface area contributed by atoms with Crippen molar-refractivity contribution in [1.82, 2.24) is 15.2 Å². The molecule has 2 unspecified atom stereocenters. The maximum atomic E-state index is 13.5. The van der Waals surface area contributed by atoms with E-state index in [1.54, 1.807) is 12.1 Å². The number of aromatic nitrogens is 1. The van der Waals surface area contributed by atoms with Gasteiger partial charge in [-0.15, -0.1) is 24.0 Å². The summed E-state index contributed by atoms with van der Waals surface area (Å²) in [5.74, 6) is 2.18. The van der Waals surface area contributed by atoms with E-state index in [0.29, 0.717) is 11.8 Å². The van der Waals surface area contributed by atoms with Crippen LogP contribution in [0.15, 0.2) is 29.4 Å². The Kier molecular flexibility index (Phi) is 7.10. The van der Waals surface area contributed by atoms with E-state index < -0.39 is 0 Å². The number of H-pyrrole nitrogens is 1. The van der Waals surface area contributed by atoms with E-state index in [0.717, 1.165) is 48.5 Å². The maximum absolute atomic E-state index is 13.5. The van der Waals surface area contributed by atoms with Crippen molar-refractivity contribution in [3.05, 3.63) is 35.8 Å². The molecule has 0 aliphatic carbocycles. The number of likely N-dealkylation sites (tertiary alicyclic amines) is 1. The van der Waals surface area contributed by atoms with E-state index in [2.05, 4.69) is 34.0 Å². The summed E-state index contributed by atoms with van der Waals surface area (Å²) in [5, 5.41) is 4.43.